The smallest absolute Gasteiger partial charge is 0.427 e. The third-order valence-corrected chi connectivity index (χ3v) is 5.52. The van der Waals surface area contributed by atoms with Gasteiger partial charge in [-0.3, -0.25) is 0 Å². The van der Waals surface area contributed by atoms with Gasteiger partial charge in [-0.05, 0) is 41.3 Å². The first kappa shape index (κ1) is 22.4. The molecule has 0 radical (unpaired) electrons. The van der Waals surface area contributed by atoms with Crippen molar-refractivity contribution in [3.05, 3.63) is 63.6 Å². The van der Waals surface area contributed by atoms with Crippen LogP contribution >= 0.6 is 15.9 Å². The van der Waals surface area contributed by atoms with Crippen molar-refractivity contribution in [1.29, 1.82) is 0 Å². The van der Waals surface area contributed by atoms with Crippen molar-refractivity contribution in [3.8, 4) is 5.75 Å². The van der Waals surface area contributed by atoms with Crippen LogP contribution < -0.4 is 4.74 Å². The highest BCUT2D eigenvalue weighted by atomic mass is 79.9. The van der Waals surface area contributed by atoms with E-state index in [1.165, 1.54) is 12.0 Å². The van der Waals surface area contributed by atoms with E-state index in [-0.39, 0.29) is 19.7 Å². The molecule has 162 valence electrons. The number of methoxy groups -OCH3 is 1. The predicted molar refractivity (Wildman–Crippen MR) is 107 cm³/mol. The Morgan fingerprint density at radius 3 is 2.60 bits per heavy atom. The van der Waals surface area contributed by atoms with E-state index < -0.39 is 25.0 Å². The molecule has 0 saturated carbocycles. The monoisotopic (exact) mass is 487 g/mol. The zero-order valence-electron chi connectivity index (χ0n) is 16.2. The number of carbonyl (C=O) groups is 1. The van der Waals surface area contributed by atoms with Crippen LogP contribution in [0.5, 0.6) is 5.75 Å². The summed E-state index contributed by atoms with van der Waals surface area (Å²) in [7, 11) is 1.52. The van der Waals surface area contributed by atoms with Crippen LogP contribution in [0.2, 0.25) is 0 Å². The molecule has 0 unspecified atom stereocenters. The number of ether oxygens (including phenoxy) is 3. The molecule has 0 fully saturated rings. The molecule has 1 heterocycles. The number of fused-ring (bicyclic) bond motifs is 1. The lowest BCUT2D eigenvalue weighted by Gasteiger charge is -2.30. The molecule has 0 saturated heterocycles. The van der Waals surface area contributed by atoms with Gasteiger partial charge in [-0.1, -0.05) is 40.2 Å². The van der Waals surface area contributed by atoms with Crippen molar-refractivity contribution in [1.82, 2.24) is 4.90 Å². The first-order valence-electron chi connectivity index (χ1n) is 9.27. The molecule has 0 spiro atoms. The van der Waals surface area contributed by atoms with E-state index in [9.17, 15) is 18.0 Å². The van der Waals surface area contributed by atoms with Gasteiger partial charge in [0, 0.05) is 17.6 Å². The molecule has 5 nitrogen and oxygen atoms in total. The molecular formula is C21H21BrF3NO4. The number of nitrogens with zero attached hydrogens (tertiary/aromatic N) is 1. The highest BCUT2D eigenvalue weighted by Gasteiger charge is 2.44. The molecule has 2 aromatic carbocycles. The molecule has 1 amide bonds. The van der Waals surface area contributed by atoms with Crippen molar-refractivity contribution >= 4 is 22.0 Å². The summed E-state index contributed by atoms with van der Waals surface area (Å²) >= 11 is 3.45. The molecular weight excluding hydrogens is 467 g/mol. The second-order valence-corrected chi connectivity index (χ2v) is 7.68. The molecule has 1 atom stereocenters. The number of amides is 1. The Labute approximate surface area is 180 Å². The Balaban J connectivity index is 1.57. The Bertz CT molecular complexity index is 874. The van der Waals surface area contributed by atoms with Gasteiger partial charge in [0.1, 0.15) is 5.75 Å². The quantitative estimate of drug-likeness (QED) is 0.568. The number of hydrogen-bond donors (Lipinski definition) is 0. The van der Waals surface area contributed by atoms with Crippen molar-refractivity contribution in [2.75, 3.05) is 20.3 Å². The van der Waals surface area contributed by atoms with E-state index in [2.05, 4.69) is 15.9 Å². The molecule has 30 heavy (non-hydrogen) atoms. The van der Waals surface area contributed by atoms with Gasteiger partial charge in [0.15, 0.2) is 0 Å². The minimum absolute atomic E-state index is 0.0424. The van der Waals surface area contributed by atoms with Crippen LogP contribution in [0, 0.1) is 0 Å². The average Bonchev–Trinajstić information content (AvgIpc) is 2.72. The SMILES string of the molecule is COc1ccc(COC[C@@H](OC(=O)N2CCc3c(Br)cccc3C2)C(F)(F)F)cc1. The van der Waals surface area contributed by atoms with Crippen molar-refractivity contribution in [2.24, 2.45) is 0 Å². The largest absolute Gasteiger partial charge is 0.497 e. The topological polar surface area (TPSA) is 48.0 Å². The van der Waals surface area contributed by atoms with Crippen LogP contribution in [0.15, 0.2) is 46.9 Å². The normalized spacial score (nSPS) is 14.8. The summed E-state index contributed by atoms with van der Waals surface area (Å²) in [6.45, 7) is -0.340. The number of benzene rings is 2. The van der Waals surface area contributed by atoms with Crippen molar-refractivity contribution < 1.29 is 32.2 Å². The van der Waals surface area contributed by atoms with Crippen LogP contribution in [0.25, 0.3) is 0 Å². The zero-order chi connectivity index (χ0) is 21.7. The molecule has 2 aromatic rings. The lowest BCUT2D eigenvalue weighted by Crippen LogP contribution is -2.43. The second-order valence-electron chi connectivity index (χ2n) is 6.83. The fourth-order valence-electron chi connectivity index (χ4n) is 3.12. The first-order valence-corrected chi connectivity index (χ1v) is 10.1. The van der Waals surface area contributed by atoms with Crippen molar-refractivity contribution in [2.45, 2.75) is 31.9 Å². The van der Waals surface area contributed by atoms with E-state index in [1.54, 1.807) is 24.3 Å². The van der Waals surface area contributed by atoms with E-state index in [0.29, 0.717) is 17.7 Å². The number of rotatable bonds is 6. The number of alkyl halides is 3. The van der Waals surface area contributed by atoms with Crippen LogP contribution in [0.4, 0.5) is 18.0 Å². The van der Waals surface area contributed by atoms with Gasteiger partial charge >= 0.3 is 12.3 Å². The highest BCUT2D eigenvalue weighted by molar-refractivity contribution is 9.10. The molecule has 0 N–H and O–H groups in total. The summed E-state index contributed by atoms with van der Waals surface area (Å²) in [6, 6.07) is 12.3. The van der Waals surface area contributed by atoms with Crippen LogP contribution in [0.3, 0.4) is 0 Å². The maximum Gasteiger partial charge on any atom is 0.427 e. The van der Waals surface area contributed by atoms with Crippen LogP contribution in [0.1, 0.15) is 16.7 Å². The van der Waals surface area contributed by atoms with E-state index >= 15 is 0 Å². The maximum atomic E-state index is 13.4. The van der Waals surface area contributed by atoms with Crippen LogP contribution in [-0.2, 0) is 29.0 Å². The maximum absolute atomic E-state index is 13.4. The highest BCUT2D eigenvalue weighted by Crippen LogP contribution is 2.28. The molecule has 0 aliphatic carbocycles. The molecule has 1 aliphatic heterocycles. The minimum atomic E-state index is -4.73. The number of halogens is 4. The summed E-state index contributed by atoms with van der Waals surface area (Å²) in [5.74, 6) is 0.635. The van der Waals surface area contributed by atoms with Gasteiger partial charge in [0.05, 0.1) is 20.3 Å². The van der Waals surface area contributed by atoms with Gasteiger partial charge in [-0.2, -0.15) is 13.2 Å². The fraction of sp³-hybridized carbons (Fsp3) is 0.381. The number of carbonyl (C=O) groups excluding carboxylic acids is 1. The molecule has 1 aliphatic rings. The van der Waals surface area contributed by atoms with E-state index in [4.69, 9.17) is 14.2 Å². The summed E-state index contributed by atoms with van der Waals surface area (Å²) in [5, 5.41) is 0. The molecule has 0 aromatic heterocycles. The molecule has 0 bridgehead atoms. The van der Waals surface area contributed by atoms with Gasteiger partial charge in [-0.15, -0.1) is 0 Å². The molecule has 3 rings (SSSR count). The van der Waals surface area contributed by atoms with Gasteiger partial charge in [-0.25, -0.2) is 4.79 Å². The summed E-state index contributed by atoms with van der Waals surface area (Å²) in [6.07, 6.45) is -7.54. The summed E-state index contributed by atoms with van der Waals surface area (Å²) < 4.78 is 56.0. The van der Waals surface area contributed by atoms with E-state index in [1.807, 2.05) is 18.2 Å². The Kier molecular flexibility index (Phi) is 7.25. The number of hydrogen-bond acceptors (Lipinski definition) is 4. The standard InChI is InChI=1S/C21H21BrF3NO4/c1-28-16-7-5-14(6-8-16)12-29-13-19(21(23,24)25)30-20(27)26-10-9-17-15(11-26)3-2-4-18(17)22/h2-8,19H,9-13H2,1H3/t19-/m1/s1. The van der Waals surface area contributed by atoms with Gasteiger partial charge in [0.25, 0.3) is 0 Å². The first-order chi connectivity index (χ1) is 14.3. The van der Waals surface area contributed by atoms with Crippen molar-refractivity contribution in [3.63, 3.8) is 0 Å². The van der Waals surface area contributed by atoms with Gasteiger partial charge < -0.3 is 19.1 Å². The van der Waals surface area contributed by atoms with E-state index in [0.717, 1.165) is 15.6 Å². The fourth-order valence-corrected chi connectivity index (χ4v) is 3.72. The lowest BCUT2D eigenvalue weighted by molar-refractivity contribution is -0.220. The summed E-state index contributed by atoms with van der Waals surface area (Å²) in [4.78, 5) is 13.7. The van der Waals surface area contributed by atoms with Gasteiger partial charge in [0.2, 0.25) is 6.10 Å². The lowest BCUT2D eigenvalue weighted by atomic mass is 10.0. The zero-order valence-corrected chi connectivity index (χ0v) is 17.8. The third-order valence-electron chi connectivity index (χ3n) is 4.77. The average molecular weight is 488 g/mol. The second kappa shape index (κ2) is 9.70. The Morgan fingerprint density at radius 1 is 1.20 bits per heavy atom. The van der Waals surface area contributed by atoms with Crippen LogP contribution in [-0.4, -0.2) is 43.5 Å². The Morgan fingerprint density at radius 2 is 1.93 bits per heavy atom. The minimum Gasteiger partial charge on any atom is -0.497 e. The molecule has 9 heteroatoms. The predicted octanol–water partition coefficient (Wildman–Crippen LogP) is 5.10. The summed E-state index contributed by atoms with van der Waals surface area (Å²) in [5.41, 5.74) is 2.62. The Hall–Kier alpha value is -2.26. The third kappa shape index (κ3) is 5.66.